The minimum atomic E-state index is -1.04. The molecular weight excluding hydrogens is 414 g/mol. The van der Waals surface area contributed by atoms with Crippen LogP contribution in [-0.4, -0.2) is 37.7 Å². The van der Waals surface area contributed by atoms with Gasteiger partial charge >= 0.3 is 6.03 Å². The maximum atomic E-state index is 13.3. The number of nitrogens with zero attached hydrogens (tertiary/aromatic N) is 4. The number of imide groups is 1. The van der Waals surface area contributed by atoms with Crippen molar-refractivity contribution in [3.63, 3.8) is 0 Å². The molecule has 1 N–H and O–H groups in total. The van der Waals surface area contributed by atoms with Crippen molar-refractivity contribution in [3.05, 3.63) is 69.2 Å². The molecule has 1 unspecified atom stereocenters. The molecule has 0 bridgehead atoms. The summed E-state index contributed by atoms with van der Waals surface area (Å²) in [4.78, 5) is 71.8. The summed E-state index contributed by atoms with van der Waals surface area (Å²) in [7, 11) is 0. The molecule has 0 saturated heterocycles. The molecule has 0 aliphatic carbocycles. The number of nitrogens with one attached hydrogen (secondary N) is 1. The SMILES string of the molecule is CC1=NC(=O)NC(=O)C1CC(=O)n1c(=O)c2ccccc2c2nc3ccccc3c(=O)n21. The second-order valence-corrected chi connectivity index (χ2v) is 7.43. The fourth-order valence-electron chi connectivity index (χ4n) is 3.93. The highest BCUT2D eigenvalue weighted by Crippen LogP contribution is 2.18. The van der Waals surface area contributed by atoms with Crippen LogP contribution in [0.25, 0.3) is 27.3 Å². The number of urea groups is 1. The van der Waals surface area contributed by atoms with E-state index >= 15 is 0 Å². The number of carbonyl (C=O) groups excluding carboxylic acids is 3. The summed E-state index contributed by atoms with van der Waals surface area (Å²) in [5, 5.41) is 2.91. The van der Waals surface area contributed by atoms with Gasteiger partial charge in [0.25, 0.3) is 11.1 Å². The summed E-state index contributed by atoms with van der Waals surface area (Å²) in [5.41, 5.74) is -0.574. The zero-order valence-electron chi connectivity index (χ0n) is 16.7. The van der Waals surface area contributed by atoms with Crippen LogP contribution in [0.3, 0.4) is 0 Å². The van der Waals surface area contributed by atoms with Crippen molar-refractivity contribution >= 4 is 50.9 Å². The molecule has 3 amide bonds. The molecule has 1 aliphatic rings. The van der Waals surface area contributed by atoms with Gasteiger partial charge in [0.05, 0.1) is 22.2 Å². The number of para-hydroxylation sites is 1. The highest BCUT2D eigenvalue weighted by atomic mass is 16.2. The van der Waals surface area contributed by atoms with Gasteiger partial charge in [-0.25, -0.2) is 14.8 Å². The molecule has 1 atom stereocenters. The predicted molar refractivity (Wildman–Crippen MR) is 116 cm³/mol. The van der Waals surface area contributed by atoms with Gasteiger partial charge in [0.1, 0.15) is 0 Å². The fraction of sp³-hybridized carbons (Fsp3) is 0.136. The number of fused-ring (bicyclic) bond motifs is 4. The van der Waals surface area contributed by atoms with Crippen molar-refractivity contribution in [2.75, 3.05) is 0 Å². The average molecular weight is 429 g/mol. The Hall–Kier alpha value is -4.47. The van der Waals surface area contributed by atoms with Gasteiger partial charge in [0.15, 0.2) is 5.65 Å². The smallest absolute Gasteiger partial charge is 0.276 e. The second kappa shape index (κ2) is 7.05. The van der Waals surface area contributed by atoms with Gasteiger partial charge in [0.2, 0.25) is 11.8 Å². The van der Waals surface area contributed by atoms with Gasteiger partial charge in [-0.2, -0.15) is 9.20 Å². The zero-order chi connectivity index (χ0) is 22.6. The maximum absolute atomic E-state index is 13.3. The van der Waals surface area contributed by atoms with Crippen molar-refractivity contribution in [3.8, 4) is 0 Å². The van der Waals surface area contributed by atoms with Crippen LogP contribution in [0.5, 0.6) is 0 Å². The standard InChI is InChI=1S/C22H15N5O5/c1-11-15(19(29)25-22(32)23-11)10-17(28)26-20(30)13-7-3-2-6-12(13)18-24-16-9-5-4-8-14(16)21(31)27(18)26/h2-9,15H,10H2,1H3,(H,25,29,32). The largest absolute Gasteiger partial charge is 0.347 e. The van der Waals surface area contributed by atoms with E-state index in [4.69, 9.17) is 0 Å². The third-order valence-corrected chi connectivity index (χ3v) is 5.49. The average Bonchev–Trinajstić information content (AvgIpc) is 2.77. The van der Waals surface area contributed by atoms with Crippen molar-refractivity contribution in [2.45, 2.75) is 13.3 Å². The minimum Gasteiger partial charge on any atom is -0.276 e. The van der Waals surface area contributed by atoms with Crippen LogP contribution in [-0.2, 0) is 4.79 Å². The van der Waals surface area contributed by atoms with Crippen LogP contribution < -0.4 is 16.4 Å². The first-order valence-corrected chi connectivity index (χ1v) is 9.75. The van der Waals surface area contributed by atoms with E-state index in [0.29, 0.717) is 10.9 Å². The Balaban J connectivity index is 1.82. The lowest BCUT2D eigenvalue weighted by molar-refractivity contribution is -0.122. The van der Waals surface area contributed by atoms with Crippen LogP contribution in [0.15, 0.2) is 63.1 Å². The number of rotatable bonds is 2. The van der Waals surface area contributed by atoms with Crippen molar-refractivity contribution < 1.29 is 14.4 Å². The first-order valence-electron chi connectivity index (χ1n) is 9.75. The number of carbonyl (C=O) groups is 3. The summed E-state index contributed by atoms with van der Waals surface area (Å²) >= 11 is 0. The number of hydrogen-bond acceptors (Lipinski definition) is 6. The van der Waals surface area contributed by atoms with Gasteiger partial charge in [-0.15, -0.1) is 0 Å². The fourth-order valence-corrected chi connectivity index (χ4v) is 3.93. The molecule has 10 nitrogen and oxygen atoms in total. The second-order valence-electron chi connectivity index (χ2n) is 7.43. The molecule has 0 spiro atoms. The van der Waals surface area contributed by atoms with Crippen LogP contribution in [0.4, 0.5) is 4.79 Å². The normalized spacial score (nSPS) is 16.4. The number of aliphatic imine (C=N–C) groups is 1. The lowest BCUT2D eigenvalue weighted by Crippen LogP contribution is -2.45. The van der Waals surface area contributed by atoms with Gasteiger partial charge in [-0.05, 0) is 25.1 Å². The lowest BCUT2D eigenvalue weighted by Gasteiger charge is -2.20. The van der Waals surface area contributed by atoms with Crippen molar-refractivity contribution in [1.82, 2.24) is 19.5 Å². The molecule has 5 rings (SSSR count). The molecule has 2 aromatic carbocycles. The lowest BCUT2D eigenvalue weighted by atomic mass is 9.97. The first kappa shape index (κ1) is 19.5. The molecule has 0 radical (unpaired) electrons. The van der Waals surface area contributed by atoms with Gasteiger partial charge in [0, 0.05) is 17.5 Å². The molecule has 158 valence electrons. The van der Waals surface area contributed by atoms with E-state index in [-0.39, 0.29) is 22.1 Å². The molecule has 0 saturated carbocycles. The van der Waals surface area contributed by atoms with E-state index in [1.165, 1.54) is 6.92 Å². The summed E-state index contributed by atoms with van der Waals surface area (Å²) in [5.74, 6) is -2.53. The minimum absolute atomic E-state index is 0.144. The quantitative estimate of drug-likeness (QED) is 0.380. The number of aromatic nitrogens is 3. The van der Waals surface area contributed by atoms with Crippen molar-refractivity contribution in [1.29, 1.82) is 0 Å². The number of amides is 3. The van der Waals surface area contributed by atoms with E-state index in [0.717, 1.165) is 9.20 Å². The zero-order valence-corrected chi connectivity index (χ0v) is 16.7. The third kappa shape index (κ3) is 2.84. The highest BCUT2D eigenvalue weighted by molar-refractivity contribution is 6.17. The van der Waals surface area contributed by atoms with E-state index < -0.39 is 41.3 Å². The molecule has 4 aromatic rings. The molecule has 10 heteroatoms. The molecule has 32 heavy (non-hydrogen) atoms. The van der Waals surface area contributed by atoms with Gasteiger partial charge < -0.3 is 0 Å². The Labute approximate surface area is 178 Å². The molecule has 0 fully saturated rings. The van der Waals surface area contributed by atoms with Crippen LogP contribution in [0, 0.1) is 5.92 Å². The van der Waals surface area contributed by atoms with Crippen LogP contribution >= 0.6 is 0 Å². The number of benzene rings is 2. The van der Waals surface area contributed by atoms with E-state index in [2.05, 4.69) is 9.98 Å². The predicted octanol–water partition coefficient (Wildman–Crippen LogP) is 1.52. The monoisotopic (exact) mass is 429 g/mol. The number of hydrogen-bond donors (Lipinski definition) is 1. The third-order valence-electron chi connectivity index (χ3n) is 5.49. The van der Waals surface area contributed by atoms with E-state index in [1.54, 1.807) is 48.5 Å². The highest BCUT2D eigenvalue weighted by Gasteiger charge is 2.32. The molecule has 1 aliphatic heterocycles. The molecule has 3 heterocycles. The van der Waals surface area contributed by atoms with E-state index in [9.17, 15) is 24.0 Å². The van der Waals surface area contributed by atoms with Crippen LogP contribution in [0.2, 0.25) is 0 Å². The topological polar surface area (TPSA) is 132 Å². The maximum Gasteiger partial charge on any atom is 0.347 e. The summed E-state index contributed by atoms with van der Waals surface area (Å²) in [6.07, 6.45) is -0.457. The Morgan fingerprint density at radius 3 is 2.31 bits per heavy atom. The summed E-state index contributed by atoms with van der Waals surface area (Å²) < 4.78 is 1.67. The summed E-state index contributed by atoms with van der Waals surface area (Å²) in [6.45, 7) is 1.46. The van der Waals surface area contributed by atoms with Gasteiger partial charge in [-0.3, -0.25) is 24.5 Å². The molecular formula is C22H15N5O5. The Bertz CT molecular complexity index is 1650. The first-order chi connectivity index (χ1) is 15.4. The molecule has 2 aromatic heterocycles. The van der Waals surface area contributed by atoms with E-state index in [1.807, 2.05) is 5.32 Å². The Morgan fingerprint density at radius 2 is 1.59 bits per heavy atom. The Kier molecular flexibility index (Phi) is 4.29. The van der Waals surface area contributed by atoms with Crippen LogP contribution in [0.1, 0.15) is 18.1 Å². The van der Waals surface area contributed by atoms with Crippen molar-refractivity contribution in [2.24, 2.45) is 10.9 Å². The Morgan fingerprint density at radius 1 is 0.938 bits per heavy atom. The summed E-state index contributed by atoms with van der Waals surface area (Å²) in [6, 6.07) is 12.4. The van der Waals surface area contributed by atoms with Gasteiger partial charge in [-0.1, -0.05) is 30.3 Å².